The normalized spacial score (nSPS) is 24.2. The third-order valence-electron chi connectivity index (χ3n) is 3.19. The third-order valence-corrected chi connectivity index (χ3v) is 4.06. The van der Waals surface area contributed by atoms with E-state index in [-0.39, 0.29) is 24.0 Å². The first-order valence-electron chi connectivity index (χ1n) is 6.76. The average Bonchev–Trinajstić information content (AvgIpc) is 2.90. The molecular weight excluding hydrogens is 276 g/mol. The van der Waals surface area contributed by atoms with Crippen LogP contribution in [-0.2, 0) is 9.53 Å². The highest BCUT2D eigenvalue weighted by molar-refractivity contribution is 7.12. The zero-order valence-electron chi connectivity index (χ0n) is 12.0. The summed E-state index contributed by atoms with van der Waals surface area (Å²) in [7, 11) is 0. The smallest absolute Gasteiger partial charge is 0.261 e. The molecule has 1 aromatic heterocycles. The Bertz CT molecular complexity index is 465. The lowest BCUT2D eigenvalue weighted by Crippen LogP contribution is -2.54. The molecule has 1 fully saturated rings. The summed E-state index contributed by atoms with van der Waals surface area (Å²) in [5.41, 5.74) is 0. The van der Waals surface area contributed by atoms with Crippen molar-refractivity contribution in [3.05, 3.63) is 22.4 Å². The molecule has 1 aliphatic rings. The molecule has 6 heteroatoms. The van der Waals surface area contributed by atoms with Gasteiger partial charge >= 0.3 is 0 Å². The van der Waals surface area contributed by atoms with Gasteiger partial charge in [0, 0.05) is 13.1 Å². The maximum absolute atomic E-state index is 12.4. The number of amides is 2. The summed E-state index contributed by atoms with van der Waals surface area (Å²) in [6, 6.07) is 3.04. The summed E-state index contributed by atoms with van der Waals surface area (Å²) < 4.78 is 5.61. The van der Waals surface area contributed by atoms with E-state index < -0.39 is 6.04 Å². The van der Waals surface area contributed by atoms with Gasteiger partial charge in [0.25, 0.3) is 5.91 Å². The Balaban J connectivity index is 1.93. The third kappa shape index (κ3) is 3.58. The monoisotopic (exact) mass is 296 g/mol. The summed E-state index contributed by atoms with van der Waals surface area (Å²) in [5.74, 6) is -0.257. The fourth-order valence-electron chi connectivity index (χ4n) is 2.37. The molecule has 0 bridgehead atoms. The predicted octanol–water partition coefficient (Wildman–Crippen LogP) is 1.50. The van der Waals surface area contributed by atoms with Crippen molar-refractivity contribution in [3.63, 3.8) is 0 Å². The SMILES string of the molecule is C[C@@H]1CN(C(=O)[C@@H](C)NC(=O)c2cccs2)C[C@@H](C)O1. The second-order valence-corrected chi connectivity index (χ2v) is 6.12. The van der Waals surface area contributed by atoms with Gasteiger partial charge in [0.1, 0.15) is 6.04 Å². The number of thiophene rings is 1. The van der Waals surface area contributed by atoms with Gasteiger partial charge < -0.3 is 15.0 Å². The van der Waals surface area contributed by atoms with E-state index in [1.807, 2.05) is 25.3 Å². The Kier molecular flexibility index (Phi) is 4.77. The van der Waals surface area contributed by atoms with E-state index in [9.17, 15) is 9.59 Å². The highest BCUT2D eigenvalue weighted by Gasteiger charge is 2.29. The van der Waals surface area contributed by atoms with Gasteiger partial charge in [-0.1, -0.05) is 6.07 Å². The van der Waals surface area contributed by atoms with Gasteiger partial charge in [-0.05, 0) is 32.2 Å². The van der Waals surface area contributed by atoms with E-state index in [1.165, 1.54) is 11.3 Å². The molecule has 2 heterocycles. The van der Waals surface area contributed by atoms with E-state index in [2.05, 4.69) is 5.32 Å². The van der Waals surface area contributed by atoms with Crippen molar-refractivity contribution < 1.29 is 14.3 Å². The van der Waals surface area contributed by atoms with Gasteiger partial charge in [-0.2, -0.15) is 0 Å². The molecule has 0 spiro atoms. The van der Waals surface area contributed by atoms with Crippen LogP contribution < -0.4 is 5.32 Å². The molecule has 1 aromatic rings. The molecular formula is C14H20N2O3S. The van der Waals surface area contributed by atoms with Gasteiger partial charge in [0.05, 0.1) is 17.1 Å². The molecule has 110 valence electrons. The Labute approximate surface area is 122 Å². The quantitative estimate of drug-likeness (QED) is 0.919. The molecule has 1 N–H and O–H groups in total. The van der Waals surface area contributed by atoms with Crippen molar-refractivity contribution in [2.75, 3.05) is 13.1 Å². The van der Waals surface area contributed by atoms with E-state index in [0.717, 1.165) is 0 Å². The first-order chi connectivity index (χ1) is 9.47. The molecule has 0 saturated carbocycles. The van der Waals surface area contributed by atoms with E-state index in [4.69, 9.17) is 4.74 Å². The Morgan fingerprint density at radius 2 is 2.05 bits per heavy atom. The minimum Gasteiger partial charge on any atom is -0.372 e. The number of nitrogens with zero attached hydrogens (tertiary/aromatic N) is 1. The highest BCUT2D eigenvalue weighted by atomic mass is 32.1. The van der Waals surface area contributed by atoms with Crippen molar-refractivity contribution in [2.45, 2.75) is 39.0 Å². The fraction of sp³-hybridized carbons (Fsp3) is 0.571. The molecule has 0 aliphatic carbocycles. The van der Waals surface area contributed by atoms with Crippen LogP contribution in [0.1, 0.15) is 30.4 Å². The number of morpholine rings is 1. The van der Waals surface area contributed by atoms with Crippen molar-refractivity contribution in [1.82, 2.24) is 10.2 Å². The van der Waals surface area contributed by atoms with Crippen LogP contribution >= 0.6 is 11.3 Å². The lowest BCUT2D eigenvalue weighted by molar-refractivity contribution is -0.144. The van der Waals surface area contributed by atoms with Crippen molar-refractivity contribution in [2.24, 2.45) is 0 Å². The minimum atomic E-state index is -0.526. The molecule has 2 rings (SSSR count). The number of hydrogen-bond acceptors (Lipinski definition) is 4. The van der Waals surface area contributed by atoms with Crippen LogP contribution in [0.4, 0.5) is 0 Å². The molecule has 0 radical (unpaired) electrons. The molecule has 2 amide bonds. The first-order valence-corrected chi connectivity index (χ1v) is 7.64. The largest absolute Gasteiger partial charge is 0.372 e. The zero-order chi connectivity index (χ0) is 14.7. The fourth-order valence-corrected chi connectivity index (χ4v) is 3.00. The zero-order valence-corrected chi connectivity index (χ0v) is 12.8. The first kappa shape index (κ1) is 15.0. The van der Waals surface area contributed by atoms with Crippen LogP contribution in [-0.4, -0.2) is 48.1 Å². The topological polar surface area (TPSA) is 58.6 Å². The van der Waals surface area contributed by atoms with E-state index in [0.29, 0.717) is 18.0 Å². The predicted molar refractivity (Wildman–Crippen MR) is 77.8 cm³/mol. The lowest BCUT2D eigenvalue weighted by atomic mass is 10.2. The molecule has 5 nitrogen and oxygen atoms in total. The molecule has 0 aromatic carbocycles. The Morgan fingerprint density at radius 1 is 1.40 bits per heavy atom. The van der Waals surface area contributed by atoms with Crippen molar-refractivity contribution in [1.29, 1.82) is 0 Å². The van der Waals surface area contributed by atoms with Crippen molar-refractivity contribution >= 4 is 23.2 Å². The maximum Gasteiger partial charge on any atom is 0.261 e. The van der Waals surface area contributed by atoms with Crippen LogP contribution in [0.5, 0.6) is 0 Å². The maximum atomic E-state index is 12.4. The van der Waals surface area contributed by atoms with Crippen LogP contribution in [0, 0.1) is 0 Å². The summed E-state index contributed by atoms with van der Waals surface area (Å²) in [6.45, 7) is 6.76. The number of rotatable bonds is 3. The minimum absolute atomic E-state index is 0.0305. The number of carbonyl (C=O) groups is 2. The Morgan fingerprint density at radius 3 is 2.60 bits per heavy atom. The van der Waals surface area contributed by atoms with Crippen LogP contribution in [0.2, 0.25) is 0 Å². The molecule has 20 heavy (non-hydrogen) atoms. The summed E-state index contributed by atoms with van der Waals surface area (Å²) in [5, 5.41) is 4.59. The van der Waals surface area contributed by atoms with Gasteiger partial charge in [0.2, 0.25) is 5.91 Å². The van der Waals surface area contributed by atoms with Gasteiger partial charge in [-0.25, -0.2) is 0 Å². The number of carbonyl (C=O) groups excluding carboxylic acids is 2. The van der Waals surface area contributed by atoms with E-state index in [1.54, 1.807) is 17.9 Å². The van der Waals surface area contributed by atoms with E-state index >= 15 is 0 Å². The lowest BCUT2D eigenvalue weighted by Gasteiger charge is -2.36. The summed E-state index contributed by atoms with van der Waals surface area (Å²) in [4.78, 5) is 26.7. The van der Waals surface area contributed by atoms with Crippen LogP contribution in [0.15, 0.2) is 17.5 Å². The summed E-state index contributed by atoms with van der Waals surface area (Å²) in [6.07, 6.45) is 0.0609. The molecule has 0 unspecified atom stereocenters. The number of ether oxygens (including phenoxy) is 1. The van der Waals surface area contributed by atoms with Crippen molar-refractivity contribution in [3.8, 4) is 0 Å². The standard InChI is InChI=1S/C14H20N2O3S/c1-9-7-16(8-10(2)19-9)14(18)11(3)15-13(17)12-5-4-6-20-12/h4-6,9-11H,7-8H2,1-3H3,(H,15,17)/t9-,10-,11-/m1/s1. The second-order valence-electron chi connectivity index (χ2n) is 5.17. The Hall–Kier alpha value is -1.40. The van der Waals surface area contributed by atoms with Gasteiger partial charge in [0.15, 0.2) is 0 Å². The van der Waals surface area contributed by atoms with Gasteiger partial charge in [-0.3, -0.25) is 9.59 Å². The number of nitrogens with one attached hydrogen (secondary N) is 1. The molecule has 1 aliphatic heterocycles. The van der Waals surface area contributed by atoms with Gasteiger partial charge in [-0.15, -0.1) is 11.3 Å². The summed E-state index contributed by atoms with van der Waals surface area (Å²) >= 11 is 1.36. The highest BCUT2D eigenvalue weighted by Crippen LogP contribution is 2.13. The van der Waals surface area contributed by atoms with Crippen LogP contribution in [0.25, 0.3) is 0 Å². The molecule has 1 saturated heterocycles. The molecule has 3 atom stereocenters. The number of hydrogen-bond donors (Lipinski definition) is 1. The van der Waals surface area contributed by atoms with Crippen LogP contribution in [0.3, 0.4) is 0 Å². The second kappa shape index (κ2) is 6.37. The average molecular weight is 296 g/mol.